The predicted octanol–water partition coefficient (Wildman–Crippen LogP) is 3.48. The number of hydrogen-bond donors (Lipinski definition) is 1. The Hall–Kier alpha value is 0.100. The van der Waals surface area contributed by atoms with Crippen LogP contribution in [0.3, 0.4) is 0 Å². The maximum Gasteiger partial charge on any atom is 0.0881 e. The van der Waals surface area contributed by atoms with Crippen LogP contribution in [0, 0.1) is 5.41 Å². The Balaban J connectivity index is 2.71. The van der Waals surface area contributed by atoms with Crippen molar-refractivity contribution in [3.63, 3.8) is 0 Å². The second-order valence-corrected chi connectivity index (χ2v) is 6.84. The van der Waals surface area contributed by atoms with Crippen LogP contribution < -0.4 is 0 Å². The number of halogens is 1. The molecule has 1 aromatic heterocycles. The van der Waals surface area contributed by atoms with Crippen LogP contribution in [0.25, 0.3) is 0 Å². The molecule has 0 aliphatic heterocycles. The van der Waals surface area contributed by atoms with E-state index >= 15 is 0 Å². The maximum absolute atomic E-state index is 10.2. The van der Waals surface area contributed by atoms with Gasteiger partial charge in [0.2, 0.25) is 0 Å². The molecule has 2 nitrogen and oxygen atoms in total. The van der Waals surface area contributed by atoms with E-state index in [1.54, 1.807) is 18.4 Å². The molecule has 0 fully saturated rings. The van der Waals surface area contributed by atoms with Crippen LogP contribution in [0.4, 0.5) is 0 Å². The smallest absolute Gasteiger partial charge is 0.0881 e. The van der Waals surface area contributed by atoms with Crippen LogP contribution in [0.1, 0.15) is 25.6 Å². The van der Waals surface area contributed by atoms with Gasteiger partial charge in [-0.1, -0.05) is 20.8 Å². The molecule has 0 bridgehead atoms. The topological polar surface area (TPSA) is 29.5 Å². The average Bonchev–Trinajstić information content (AvgIpc) is 2.50. The fourth-order valence-corrected chi connectivity index (χ4v) is 3.42. The van der Waals surface area contributed by atoms with Gasteiger partial charge in [-0.25, -0.2) is 0 Å². The SMILES string of the molecule is COC(C(O)Cc1sccc1Br)C(C)(C)C. The molecule has 4 heteroatoms. The Kier molecular flexibility index (Phi) is 4.98. The van der Waals surface area contributed by atoms with Gasteiger partial charge < -0.3 is 9.84 Å². The van der Waals surface area contributed by atoms with Gasteiger partial charge in [0.25, 0.3) is 0 Å². The molecule has 1 N–H and O–H groups in total. The first-order chi connectivity index (χ1) is 7.36. The van der Waals surface area contributed by atoms with Crippen LogP contribution in [0.2, 0.25) is 0 Å². The summed E-state index contributed by atoms with van der Waals surface area (Å²) in [5.41, 5.74) is -0.0576. The van der Waals surface area contributed by atoms with Gasteiger partial charge in [0, 0.05) is 22.9 Å². The lowest BCUT2D eigenvalue weighted by Gasteiger charge is -2.33. The Morgan fingerprint density at radius 1 is 1.50 bits per heavy atom. The monoisotopic (exact) mass is 306 g/mol. The van der Waals surface area contributed by atoms with E-state index in [1.165, 1.54) is 4.88 Å². The number of rotatable bonds is 4. The third kappa shape index (κ3) is 3.55. The van der Waals surface area contributed by atoms with Crippen molar-refractivity contribution < 1.29 is 9.84 Å². The summed E-state index contributed by atoms with van der Waals surface area (Å²) in [6.45, 7) is 6.23. The van der Waals surface area contributed by atoms with E-state index in [0.29, 0.717) is 6.42 Å². The molecule has 0 amide bonds. The quantitative estimate of drug-likeness (QED) is 0.923. The minimum absolute atomic E-state index is 0.0576. The van der Waals surface area contributed by atoms with Gasteiger partial charge in [-0.15, -0.1) is 11.3 Å². The molecule has 0 aliphatic carbocycles. The first-order valence-corrected chi connectivity index (χ1v) is 6.96. The minimum Gasteiger partial charge on any atom is -0.390 e. The number of hydrogen-bond acceptors (Lipinski definition) is 3. The normalized spacial score (nSPS) is 16.1. The van der Waals surface area contributed by atoms with Gasteiger partial charge >= 0.3 is 0 Å². The summed E-state index contributed by atoms with van der Waals surface area (Å²) in [6.07, 6.45) is 0.00931. The number of aliphatic hydroxyl groups is 1. The summed E-state index contributed by atoms with van der Waals surface area (Å²) < 4.78 is 6.47. The zero-order valence-corrected chi connectivity index (χ0v) is 12.6. The van der Waals surface area contributed by atoms with E-state index in [0.717, 1.165) is 4.47 Å². The van der Waals surface area contributed by atoms with Crippen molar-refractivity contribution in [1.82, 2.24) is 0 Å². The molecule has 2 atom stereocenters. The molecule has 2 unspecified atom stereocenters. The van der Waals surface area contributed by atoms with Gasteiger partial charge in [-0.05, 0) is 32.8 Å². The van der Waals surface area contributed by atoms with Gasteiger partial charge in [0.15, 0.2) is 0 Å². The Morgan fingerprint density at radius 3 is 2.50 bits per heavy atom. The zero-order valence-electron chi connectivity index (χ0n) is 10.2. The molecule has 1 aromatic rings. The summed E-state index contributed by atoms with van der Waals surface area (Å²) >= 11 is 5.13. The lowest BCUT2D eigenvalue weighted by Crippen LogP contribution is -2.40. The molecule has 1 rings (SSSR count). The van der Waals surface area contributed by atoms with Gasteiger partial charge in [0.05, 0.1) is 12.2 Å². The van der Waals surface area contributed by atoms with E-state index in [-0.39, 0.29) is 11.5 Å². The van der Waals surface area contributed by atoms with Crippen LogP contribution >= 0.6 is 27.3 Å². The van der Waals surface area contributed by atoms with Crippen molar-refractivity contribution in [2.75, 3.05) is 7.11 Å². The summed E-state index contributed by atoms with van der Waals surface area (Å²) in [5.74, 6) is 0. The fraction of sp³-hybridized carbons (Fsp3) is 0.667. The molecule has 16 heavy (non-hydrogen) atoms. The Bertz CT molecular complexity index is 330. The highest BCUT2D eigenvalue weighted by molar-refractivity contribution is 9.10. The van der Waals surface area contributed by atoms with Gasteiger partial charge in [-0.3, -0.25) is 0 Å². The van der Waals surface area contributed by atoms with Crippen LogP contribution in [0.5, 0.6) is 0 Å². The zero-order chi connectivity index (χ0) is 12.3. The molecule has 0 spiro atoms. The van der Waals surface area contributed by atoms with E-state index in [1.807, 2.05) is 11.4 Å². The van der Waals surface area contributed by atoms with Crippen LogP contribution in [0.15, 0.2) is 15.9 Å². The fourth-order valence-electron chi connectivity index (χ4n) is 1.86. The molecule has 92 valence electrons. The first-order valence-electron chi connectivity index (χ1n) is 5.29. The number of methoxy groups -OCH3 is 1. The number of ether oxygens (including phenoxy) is 1. The average molecular weight is 307 g/mol. The van der Waals surface area contributed by atoms with Crippen LogP contribution in [-0.4, -0.2) is 24.4 Å². The number of thiophene rings is 1. The van der Waals surface area contributed by atoms with E-state index < -0.39 is 6.10 Å². The number of aliphatic hydroxyl groups excluding tert-OH is 1. The van der Waals surface area contributed by atoms with Crippen molar-refractivity contribution in [3.05, 3.63) is 20.8 Å². The summed E-state index contributed by atoms with van der Waals surface area (Å²) in [5, 5.41) is 12.2. The molecule has 0 saturated carbocycles. The predicted molar refractivity (Wildman–Crippen MR) is 72.0 cm³/mol. The molecule has 1 heterocycles. The summed E-state index contributed by atoms with van der Waals surface area (Å²) in [7, 11) is 1.66. The van der Waals surface area contributed by atoms with Gasteiger partial charge in [-0.2, -0.15) is 0 Å². The van der Waals surface area contributed by atoms with E-state index in [2.05, 4.69) is 36.7 Å². The van der Waals surface area contributed by atoms with E-state index in [4.69, 9.17) is 4.74 Å². The molecule has 0 saturated heterocycles. The Labute approximate surface area is 110 Å². The second-order valence-electron chi connectivity index (χ2n) is 4.99. The van der Waals surface area contributed by atoms with Crippen LogP contribution in [-0.2, 0) is 11.2 Å². The third-order valence-corrected chi connectivity index (χ3v) is 4.49. The van der Waals surface area contributed by atoms with Crippen molar-refractivity contribution in [2.45, 2.75) is 39.4 Å². The molecule has 0 radical (unpaired) electrons. The Morgan fingerprint density at radius 2 is 2.12 bits per heavy atom. The van der Waals surface area contributed by atoms with Crippen molar-refractivity contribution in [1.29, 1.82) is 0 Å². The summed E-state index contributed by atoms with van der Waals surface area (Å²) in [6, 6.07) is 2.01. The largest absolute Gasteiger partial charge is 0.390 e. The molecule has 0 aliphatic rings. The highest BCUT2D eigenvalue weighted by Gasteiger charge is 2.31. The first kappa shape index (κ1) is 14.2. The maximum atomic E-state index is 10.2. The van der Waals surface area contributed by atoms with Crippen molar-refractivity contribution >= 4 is 27.3 Å². The second kappa shape index (κ2) is 5.63. The summed E-state index contributed by atoms with van der Waals surface area (Å²) in [4.78, 5) is 1.17. The van der Waals surface area contributed by atoms with Crippen molar-refractivity contribution in [3.8, 4) is 0 Å². The minimum atomic E-state index is -0.472. The molecule has 0 aromatic carbocycles. The molecular weight excluding hydrogens is 288 g/mol. The van der Waals surface area contributed by atoms with Gasteiger partial charge in [0.1, 0.15) is 0 Å². The lowest BCUT2D eigenvalue weighted by atomic mass is 9.84. The van der Waals surface area contributed by atoms with E-state index in [9.17, 15) is 5.11 Å². The highest BCUT2D eigenvalue weighted by Crippen LogP contribution is 2.29. The highest BCUT2D eigenvalue weighted by atomic mass is 79.9. The molecular formula is C12H19BrO2S. The lowest BCUT2D eigenvalue weighted by molar-refractivity contribution is -0.0696. The van der Waals surface area contributed by atoms with Crippen molar-refractivity contribution in [2.24, 2.45) is 5.41 Å². The third-order valence-electron chi connectivity index (χ3n) is 2.54. The standard InChI is InChI=1S/C12H19BrO2S/c1-12(2,3)11(15-4)9(14)7-10-8(13)5-6-16-10/h5-6,9,11,14H,7H2,1-4H3.